The molecule has 0 saturated carbocycles. The highest BCUT2D eigenvalue weighted by molar-refractivity contribution is 6.29. The fourth-order valence-corrected chi connectivity index (χ4v) is 1.93. The Bertz CT molecular complexity index is 301. The molecular formula is C8H8Cl2N2. The summed E-state index contributed by atoms with van der Waals surface area (Å²) in [4.78, 5) is 8.36. The number of hydrogen-bond donors (Lipinski definition) is 0. The number of rotatable bonds is 0. The zero-order valence-corrected chi connectivity index (χ0v) is 7.94. The lowest BCUT2D eigenvalue weighted by Gasteiger charge is -2.17. The first-order chi connectivity index (χ1) is 5.77. The van der Waals surface area contributed by atoms with Crippen LogP contribution in [0, 0.1) is 0 Å². The van der Waals surface area contributed by atoms with E-state index in [4.69, 9.17) is 23.2 Å². The second-order valence-corrected chi connectivity index (χ2v) is 3.80. The minimum atomic E-state index is 0.0264. The van der Waals surface area contributed by atoms with Crippen LogP contribution in [0.25, 0.3) is 0 Å². The lowest BCUT2D eigenvalue weighted by Crippen LogP contribution is -2.09. The highest BCUT2D eigenvalue weighted by Gasteiger charge is 2.20. The Labute approximate surface area is 80.9 Å². The zero-order valence-electron chi connectivity index (χ0n) is 6.43. The first kappa shape index (κ1) is 8.27. The van der Waals surface area contributed by atoms with Crippen LogP contribution in [0.1, 0.15) is 29.6 Å². The minimum Gasteiger partial charge on any atom is -0.255 e. The maximum Gasteiger partial charge on any atom is 0.147 e. The fourth-order valence-electron chi connectivity index (χ4n) is 1.44. The van der Waals surface area contributed by atoms with Gasteiger partial charge in [-0.05, 0) is 19.3 Å². The van der Waals surface area contributed by atoms with Crippen molar-refractivity contribution < 1.29 is 0 Å². The first-order valence-corrected chi connectivity index (χ1v) is 4.74. The van der Waals surface area contributed by atoms with Crippen LogP contribution < -0.4 is 0 Å². The van der Waals surface area contributed by atoms with Gasteiger partial charge in [-0.2, -0.15) is 0 Å². The molecule has 0 radical (unpaired) electrons. The number of aryl methyl sites for hydroxylation is 1. The van der Waals surface area contributed by atoms with Gasteiger partial charge in [-0.1, -0.05) is 11.6 Å². The lowest BCUT2D eigenvalue weighted by molar-refractivity contribution is 0.632. The molecule has 12 heavy (non-hydrogen) atoms. The summed E-state index contributed by atoms with van der Waals surface area (Å²) in [5.41, 5.74) is 1.88. The average Bonchev–Trinajstić information content (AvgIpc) is 2.04. The number of aromatic nitrogens is 2. The summed E-state index contributed by atoms with van der Waals surface area (Å²) in [5, 5.41) is 0.484. The van der Waals surface area contributed by atoms with Gasteiger partial charge in [-0.15, -0.1) is 11.6 Å². The third kappa shape index (κ3) is 1.41. The molecule has 64 valence electrons. The molecule has 0 fully saturated rings. The third-order valence-electron chi connectivity index (χ3n) is 2.02. The minimum absolute atomic E-state index is 0.0264. The topological polar surface area (TPSA) is 25.8 Å². The van der Waals surface area contributed by atoms with Crippen LogP contribution in [0.3, 0.4) is 0 Å². The largest absolute Gasteiger partial charge is 0.255 e. The van der Waals surface area contributed by atoms with E-state index in [9.17, 15) is 0 Å². The molecular weight excluding hydrogens is 195 g/mol. The van der Waals surface area contributed by atoms with Gasteiger partial charge in [0, 0.05) is 0 Å². The van der Waals surface area contributed by atoms with E-state index < -0.39 is 0 Å². The van der Waals surface area contributed by atoms with E-state index in [1.807, 2.05) is 0 Å². The molecule has 4 heteroatoms. The van der Waals surface area contributed by atoms with Gasteiger partial charge >= 0.3 is 0 Å². The predicted octanol–water partition coefficient (Wildman–Crippen LogP) is 2.75. The molecule has 1 aliphatic carbocycles. The van der Waals surface area contributed by atoms with E-state index in [0.717, 1.165) is 30.7 Å². The Kier molecular flexibility index (Phi) is 2.20. The number of hydrogen-bond acceptors (Lipinski definition) is 2. The van der Waals surface area contributed by atoms with Crippen LogP contribution in [0.5, 0.6) is 0 Å². The van der Waals surface area contributed by atoms with Crippen molar-refractivity contribution in [2.75, 3.05) is 0 Å². The van der Waals surface area contributed by atoms with Crippen molar-refractivity contribution in [2.45, 2.75) is 24.6 Å². The fraction of sp³-hybridized carbons (Fsp3) is 0.500. The van der Waals surface area contributed by atoms with Crippen LogP contribution >= 0.6 is 23.2 Å². The van der Waals surface area contributed by atoms with Crippen molar-refractivity contribution >= 4 is 23.2 Å². The lowest BCUT2D eigenvalue weighted by atomic mass is 10.0. The van der Waals surface area contributed by atoms with E-state index >= 15 is 0 Å². The molecule has 0 spiro atoms. The Morgan fingerprint density at radius 3 is 3.17 bits per heavy atom. The molecule has 0 saturated heterocycles. The van der Waals surface area contributed by atoms with Crippen molar-refractivity contribution in [3.63, 3.8) is 0 Å². The van der Waals surface area contributed by atoms with E-state index in [2.05, 4.69) is 9.97 Å². The third-order valence-corrected chi connectivity index (χ3v) is 2.62. The summed E-state index contributed by atoms with van der Waals surface area (Å²) >= 11 is 11.8. The van der Waals surface area contributed by atoms with Crippen LogP contribution in [-0.2, 0) is 6.42 Å². The molecule has 1 atom stereocenters. The molecule has 0 bridgehead atoms. The van der Waals surface area contributed by atoms with Crippen LogP contribution in [0.2, 0.25) is 5.15 Å². The molecule has 0 aromatic carbocycles. The monoisotopic (exact) mass is 202 g/mol. The molecule has 1 heterocycles. The van der Waals surface area contributed by atoms with Gasteiger partial charge in [-0.3, -0.25) is 4.98 Å². The molecule has 1 aliphatic rings. The Balaban J connectivity index is 2.46. The van der Waals surface area contributed by atoms with Crippen molar-refractivity contribution in [2.24, 2.45) is 0 Å². The van der Waals surface area contributed by atoms with E-state index in [-0.39, 0.29) is 5.38 Å². The standard InChI is InChI=1S/C8H8Cl2N2/c9-5-2-1-3-6-8(5)11-4-7(10)12-6/h4-5H,1-3H2. The maximum absolute atomic E-state index is 6.05. The summed E-state index contributed by atoms with van der Waals surface area (Å²) in [7, 11) is 0. The Morgan fingerprint density at radius 2 is 2.33 bits per heavy atom. The molecule has 0 aliphatic heterocycles. The highest BCUT2D eigenvalue weighted by Crippen LogP contribution is 2.32. The molecule has 1 unspecified atom stereocenters. The first-order valence-electron chi connectivity index (χ1n) is 3.93. The summed E-state index contributed by atoms with van der Waals surface area (Å²) < 4.78 is 0. The second kappa shape index (κ2) is 3.19. The van der Waals surface area contributed by atoms with Crippen molar-refractivity contribution in [3.8, 4) is 0 Å². The molecule has 0 amide bonds. The zero-order chi connectivity index (χ0) is 8.55. The van der Waals surface area contributed by atoms with E-state index in [1.165, 1.54) is 0 Å². The van der Waals surface area contributed by atoms with Crippen LogP contribution in [0.4, 0.5) is 0 Å². The Morgan fingerprint density at radius 1 is 1.50 bits per heavy atom. The van der Waals surface area contributed by atoms with Crippen molar-refractivity contribution in [1.29, 1.82) is 0 Å². The van der Waals surface area contributed by atoms with Crippen molar-refractivity contribution in [3.05, 3.63) is 22.7 Å². The van der Waals surface area contributed by atoms with Crippen LogP contribution in [-0.4, -0.2) is 9.97 Å². The molecule has 1 aromatic heterocycles. The van der Waals surface area contributed by atoms with Gasteiger partial charge in [0.25, 0.3) is 0 Å². The summed E-state index contributed by atoms with van der Waals surface area (Å²) in [6.07, 6.45) is 4.58. The quantitative estimate of drug-likeness (QED) is 0.606. The van der Waals surface area contributed by atoms with E-state index in [0.29, 0.717) is 5.15 Å². The highest BCUT2D eigenvalue weighted by atomic mass is 35.5. The molecule has 1 aromatic rings. The van der Waals surface area contributed by atoms with Gasteiger partial charge in [0.1, 0.15) is 5.15 Å². The molecule has 2 nitrogen and oxygen atoms in total. The number of halogens is 2. The number of fused-ring (bicyclic) bond motifs is 1. The SMILES string of the molecule is Clc1cnc2c(n1)CCCC2Cl. The van der Waals surface area contributed by atoms with Gasteiger partial charge < -0.3 is 0 Å². The number of alkyl halides is 1. The Hall–Kier alpha value is -0.340. The van der Waals surface area contributed by atoms with Gasteiger partial charge in [-0.25, -0.2) is 4.98 Å². The van der Waals surface area contributed by atoms with Crippen LogP contribution in [0.15, 0.2) is 6.20 Å². The summed E-state index contributed by atoms with van der Waals surface area (Å²) in [6, 6.07) is 0. The smallest absolute Gasteiger partial charge is 0.147 e. The van der Waals surface area contributed by atoms with E-state index in [1.54, 1.807) is 6.20 Å². The summed E-state index contributed by atoms with van der Waals surface area (Å²) in [5.74, 6) is 0. The van der Waals surface area contributed by atoms with Crippen molar-refractivity contribution in [1.82, 2.24) is 9.97 Å². The molecule has 2 rings (SSSR count). The average molecular weight is 203 g/mol. The van der Waals surface area contributed by atoms with Gasteiger partial charge in [0.2, 0.25) is 0 Å². The van der Waals surface area contributed by atoms with Gasteiger partial charge in [0.15, 0.2) is 0 Å². The number of nitrogens with zero attached hydrogens (tertiary/aromatic N) is 2. The summed E-state index contributed by atoms with van der Waals surface area (Å²) in [6.45, 7) is 0. The van der Waals surface area contributed by atoms with Gasteiger partial charge in [0.05, 0.1) is 23.0 Å². The normalized spacial score (nSPS) is 22.0. The predicted molar refractivity (Wildman–Crippen MR) is 48.6 cm³/mol. The molecule has 0 N–H and O–H groups in total. The maximum atomic E-state index is 6.05. The second-order valence-electron chi connectivity index (χ2n) is 2.88.